The first-order valence-electron chi connectivity index (χ1n) is 8.92. The third kappa shape index (κ3) is 3.04. The molecule has 1 heterocycles. The minimum Gasteiger partial charge on any atom is -0.361 e. The van der Waals surface area contributed by atoms with E-state index in [4.69, 9.17) is 5.26 Å². The second kappa shape index (κ2) is 6.97. The van der Waals surface area contributed by atoms with E-state index >= 15 is 0 Å². The highest BCUT2D eigenvalue weighted by molar-refractivity contribution is 6.02. The van der Waals surface area contributed by atoms with Crippen LogP contribution in [0.25, 0.3) is 0 Å². The Morgan fingerprint density at radius 1 is 0.963 bits per heavy atom. The van der Waals surface area contributed by atoms with Crippen molar-refractivity contribution in [2.75, 3.05) is 5.32 Å². The Labute approximate surface area is 158 Å². The van der Waals surface area contributed by atoms with E-state index in [0.717, 1.165) is 16.8 Å². The first kappa shape index (κ1) is 16.9. The molecule has 4 rings (SSSR count). The second-order valence-corrected chi connectivity index (χ2v) is 6.63. The molecule has 0 fully saturated rings. The fraction of sp³-hybridized carbons (Fsp3) is 0.130. The maximum atomic E-state index is 13.4. The second-order valence-electron chi connectivity index (χ2n) is 6.63. The van der Waals surface area contributed by atoms with Gasteiger partial charge in [-0.05, 0) is 42.3 Å². The Hall–Kier alpha value is -3.58. The molecule has 0 radical (unpaired) electrons. The summed E-state index contributed by atoms with van der Waals surface area (Å²) in [7, 11) is 0. The van der Waals surface area contributed by atoms with Gasteiger partial charge < -0.3 is 10.2 Å². The first-order valence-corrected chi connectivity index (χ1v) is 8.92. The Balaban J connectivity index is 1.80. The van der Waals surface area contributed by atoms with Crippen LogP contribution in [-0.4, -0.2) is 10.8 Å². The molecule has 1 aliphatic rings. The molecule has 2 atom stereocenters. The van der Waals surface area contributed by atoms with Gasteiger partial charge in [0.15, 0.2) is 0 Å². The lowest BCUT2D eigenvalue weighted by Gasteiger charge is -2.42. The third-order valence-corrected chi connectivity index (χ3v) is 5.02. The zero-order valence-electron chi connectivity index (χ0n) is 15.0. The van der Waals surface area contributed by atoms with Crippen molar-refractivity contribution in [3.05, 3.63) is 101 Å². The highest BCUT2D eigenvalue weighted by Gasteiger charge is 2.36. The fourth-order valence-corrected chi connectivity index (χ4v) is 3.54. The number of para-hydroxylation sites is 1. The molecule has 0 unspecified atom stereocenters. The van der Waals surface area contributed by atoms with Gasteiger partial charge in [0.2, 0.25) is 0 Å². The van der Waals surface area contributed by atoms with Gasteiger partial charge in [-0.2, -0.15) is 5.26 Å². The number of carbonyl (C=O) groups excluding carboxylic acids is 1. The smallest absolute Gasteiger partial charge is 0.258 e. The summed E-state index contributed by atoms with van der Waals surface area (Å²) in [5, 5.41) is 12.6. The van der Waals surface area contributed by atoms with Crippen LogP contribution < -0.4 is 5.32 Å². The van der Waals surface area contributed by atoms with E-state index in [1.54, 1.807) is 12.1 Å². The lowest BCUT2D eigenvalue weighted by molar-refractivity contribution is 0.0596. The number of nitriles is 1. The zero-order valence-corrected chi connectivity index (χ0v) is 15.0. The minimum absolute atomic E-state index is 0.00457. The molecule has 1 aliphatic heterocycles. The molecule has 0 spiro atoms. The van der Waals surface area contributed by atoms with E-state index in [1.807, 2.05) is 78.6 Å². The number of fused-ring (bicyclic) bond motifs is 1. The summed E-state index contributed by atoms with van der Waals surface area (Å²) < 4.78 is 0. The predicted molar refractivity (Wildman–Crippen MR) is 105 cm³/mol. The number of nitrogens with one attached hydrogen (secondary N) is 1. The van der Waals surface area contributed by atoms with Crippen molar-refractivity contribution in [1.82, 2.24) is 4.90 Å². The van der Waals surface area contributed by atoms with Crippen molar-refractivity contribution in [3.8, 4) is 6.07 Å². The van der Waals surface area contributed by atoms with Gasteiger partial charge in [-0.1, -0.05) is 54.6 Å². The molecule has 27 heavy (non-hydrogen) atoms. The molecule has 1 N–H and O–H groups in total. The molecule has 0 aliphatic carbocycles. The van der Waals surface area contributed by atoms with Crippen molar-refractivity contribution >= 4 is 11.6 Å². The zero-order chi connectivity index (χ0) is 18.8. The molecule has 132 valence electrons. The Kier molecular flexibility index (Phi) is 4.35. The topological polar surface area (TPSA) is 56.1 Å². The molecular weight excluding hydrogens is 334 g/mol. The normalized spacial score (nSPS) is 16.8. The molecule has 3 aromatic carbocycles. The largest absolute Gasteiger partial charge is 0.361 e. The molecule has 4 nitrogen and oxygen atoms in total. The molecule has 0 bridgehead atoms. The van der Waals surface area contributed by atoms with Crippen LogP contribution in [0, 0.1) is 11.3 Å². The van der Waals surface area contributed by atoms with Gasteiger partial charge in [-0.3, -0.25) is 4.79 Å². The molecule has 0 saturated heterocycles. The summed E-state index contributed by atoms with van der Waals surface area (Å²) in [5.41, 5.74) is 4.12. The van der Waals surface area contributed by atoms with Gasteiger partial charge in [0.05, 0.1) is 23.2 Å². The highest BCUT2D eigenvalue weighted by Crippen LogP contribution is 2.38. The molecule has 1 amide bonds. The Bertz CT molecular complexity index is 1010. The van der Waals surface area contributed by atoms with E-state index in [-0.39, 0.29) is 18.1 Å². The van der Waals surface area contributed by atoms with Crippen LogP contribution in [0.3, 0.4) is 0 Å². The number of rotatable bonds is 3. The lowest BCUT2D eigenvalue weighted by Crippen LogP contribution is -2.44. The van der Waals surface area contributed by atoms with Crippen LogP contribution in [0.2, 0.25) is 0 Å². The van der Waals surface area contributed by atoms with Crippen LogP contribution in [0.4, 0.5) is 5.69 Å². The van der Waals surface area contributed by atoms with E-state index < -0.39 is 0 Å². The van der Waals surface area contributed by atoms with Crippen LogP contribution in [0.5, 0.6) is 0 Å². The van der Waals surface area contributed by atoms with Gasteiger partial charge in [-0.15, -0.1) is 0 Å². The number of hydrogen-bond donors (Lipinski definition) is 1. The predicted octanol–water partition coefficient (Wildman–Crippen LogP) is 4.89. The maximum Gasteiger partial charge on any atom is 0.258 e. The molecule has 4 heteroatoms. The minimum atomic E-state index is -0.310. The van der Waals surface area contributed by atoms with E-state index in [0.29, 0.717) is 11.1 Å². The summed E-state index contributed by atoms with van der Waals surface area (Å²) in [6, 6.07) is 27.0. The van der Waals surface area contributed by atoms with Crippen molar-refractivity contribution in [3.63, 3.8) is 0 Å². The average molecular weight is 353 g/mol. The Morgan fingerprint density at radius 3 is 2.33 bits per heavy atom. The van der Waals surface area contributed by atoms with Gasteiger partial charge in [0.25, 0.3) is 5.91 Å². The monoisotopic (exact) mass is 353 g/mol. The van der Waals surface area contributed by atoms with Crippen LogP contribution >= 0.6 is 0 Å². The molecule has 0 aromatic heterocycles. The first-order chi connectivity index (χ1) is 13.2. The number of benzene rings is 3. The summed E-state index contributed by atoms with van der Waals surface area (Å²) in [6.45, 7) is 2.04. The van der Waals surface area contributed by atoms with Gasteiger partial charge in [0, 0.05) is 5.69 Å². The number of anilines is 1. The number of carbonyl (C=O) groups is 1. The molecule has 3 aromatic rings. The Morgan fingerprint density at radius 2 is 1.63 bits per heavy atom. The summed E-state index contributed by atoms with van der Waals surface area (Å²) in [6.07, 6.45) is -0.310. The van der Waals surface area contributed by atoms with Gasteiger partial charge in [-0.25, -0.2) is 0 Å². The quantitative estimate of drug-likeness (QED) is 0.730. The summed E-state index contributed by atoms with van der Waals surface area (Å²) in [5.74, 6) is -0.00457. The summed E-state index contributed by atoms with van der Waals surface area (Å²) in [4.78, 5) is 15.2. The lowest BCUT2D eigenvalue weighted by atomic mass is 9.98. The standard InChI is InChI=1S/C23H19N3O/c1-16(18-7-3-2-4-8-18)26-22(19-13-11-17(15-24)12-14-19)25-21-10-6-5-9-20(21)23(26)27/h2-14,16,22,25H,1H3/t16-,22-/m1/s1. The fourth-order valence-electron chi connectivity index (χ4n) is 3.54. The maximum absolute atomic E-state index is 13.4. The van der Waals surface area contributed by atoms with Crippen molar-refractivity contribution in [2.24, 2.45) is 0 Å². The number of nitrogens with zero attached hydrogens (tertiary/aromatic N) is 2. The van der Waals surface area contributed by atoms with Crippen molar-refractivity contribution in [1.29, 1.82) is 5.26 Å². The van der Waals surface area contributed by atoms with Crippen molar-refractivity contribution < 1.29 is 4.79 Å². The average Bonchev–Trinajstić information content (AvgIpc) is 2.74. The summed E-state index contributed by atoms with van der Waals surface area (Å²) >= 11 is 0. The highest BCUT2D eigenvalue weighted by atomic mass is 16.2. The van der Waals surface area contributed by atoms with Crippen LogP contribution in [0.1, 0.15) is 46.2 Å². The van der Waals surface area contributed by atoms with E-state index in [9.17, 15) is 4.79 Å². The van der Waals surface area contributed by atoms with E-state index in [2.05, 4.69) is 11.4 Å². The molecule has 0 saturated carbocycles. The third-order valence-electron chi connectivity index (χ3n) is 5.02. The number of amides is 1. The van der Waals surface area contributed by atoms with E-state index in [1.165, 1.54) is 0 Å². The van der Waals surface area contributed by atoms with Crippen LogP contribution in [-0.2, 0) is 0 Å². The number of hydrogen-bond acceptors (Lipinski definition) is 3. The van der Waals surface area contributed by atoms with Gasteiger partial charge in [0.1, 0.15) is 6.17 Å². The SMILES string of the molecule is C[C@H](c1ccccc1)N1C(=O)c2ccccc2N[C@H]1c1ccc(C#N)cc1. The van der Waals surface area contributed by atoms with Crippen LogP contribution in [0.15, 0.2) is 78.9 Å². The molecular formula is C23H19N3O. The van der Waals surface area contributed by atoms with Gasteiger partial charge >= 0.3 is 0 Å². The van der Waals surface area contributed by atoms with Crippen molar-refractivity contribution in [2.45, 2.75) is 19.1 Å².